The normalized spacial score (nSPS) is 10.6. The maximum Gasteiger partial charge on any atom is 0.234 e. The molecule has 0 spiro atoms. The maximum absolute atomic E-state index is 13.3. The van der Waals surface area contributed by atoms with Gasteiger partial charge in [-0.3, -0.25) is 9.36 Å². The quantitative estimate of drug-likeness (QED) is 0.345. The lowest BCUT2D eigenvalue weighted by molar-refractivity contribution is -0.113. The highest BCUT2D eigenvalue weighted by atomic mass is 35.5. The molecular formula is C20H17Cl2FN4O2S. The van der Waals surface area contributed by atoms with E-state index in [1.54, 1.807) is 34.9 Å². The summed E-state index contributed by atoms with van der Waals surface area (Å²) >= 11 is 12.9. The predicted octanol–water partition coefficient (Wildman–Crippen LogP) is 5.22. The Hall–Kier alpha value is -2.55. The molecule has 0 saturated heterocycles. The molecule has 1 aromatic heterocycles. The predicted molar refractivity (Wildman–Crippen MR) is 117 cm³/mol. The molecule has 0 atom stereocenters. The highest BCUT2D eigenvalue weighted by Gasteiger charge is 2.14. The molecule has 0 radical (unpaired) electrons. The molecule has 0 aliphatic carbocycles. The largest absolute Gasteiger partial charge is 0.486 e. The van der Waals surface area contributed by atoms with Crippen molar-refractivity contribution in [1.82, 2.24) is 14.8 Å². The number of amides is 1. The van der Waals surface area contributed by atoms with Crippen LogP contribution in [-0.4, -0.2) is 26.4 Å². The van der Waals surface area contributed by atoms with Gasteiger partial charge in [0.15, 0.2) is 11.0 Å². The van der Waals surface area contributed by atoms with E-state index in [0.717, 1.165) is 0 Å². The third-order valence-corrected chi connectivity index (χ3v) is 5.30. The topological polar surface area (TPSA) is 69.0 Å². The van der Waals surface area contributed by atoms with Gasteiger partial charge in [-0.1, -0.05) is 47.1 Å². The molecule has 30 heavy (non-hydrogen) atoms. The zero-order valence-corrected chi connectivity index (χ0v) is 18.0. The number of hydrogen-bond acceptors (Lipinski definition) is 5. The molecule has 0 aliphatic rings. The van der Waals surface area contributed by atoms with Crippen LogP contribution in [0.2, 0.25) is 10.0 Å². The van der Waals surface area contributed by atoms with E-state index in [9.17, 15) is 9.18 Å². The van der Waals surface area contributed by atoms with Gasteiger partial charge in [0.25, 0.3) is 0 Å². The van der Waals surface area contributed by atoms with Crippen LogP contribution in [0.4, 0.5) is 10.1 Å². The number of thioether (sulfide) groups is 1. The van der Waals surface area contributed by atoms with Crippen LogP contribution in [0.25, 0.3) is 0 Å². The minimum Gasteiger partial charge on any atom is -0.486 e. The number of nitrogens with zero attached hydrogens (tertiary/aromatic N) is 3. The number of rotatable bonds is 9. The molecule has 0 fully saturated rings. The summed E-state index contributed by atoms with van der Waals surface area (Å²) in [5, 5.41) is 12.1. The Morgan fingerprint density at radius 2 is 2.10 bits per heavy atom. The molecule has 1 N–H and O–H groups in total. The molecule has 1 heterocycles. The molecule has 0 bridgehead atoms. The smallest absolute Gasteiger partial charge is 0.234 e. The number of hydrogen-bond donors (Lipinski definition) is 1. The molecular weight excluding hydrogens is 450 g/mol. The number of ether oxygens (including phenoxy) is 1. The average molecular weight is 467 g/mol. The second-order valence-corrected chi connectivity index (χ2v) is 7.80. The van der Waals surface area contributed by atoms with E-state index >= 15 is 0 Å². The molecule has 156 valence electrons. The summed E-state index contributed by atoms with van der Waals surface area (Å²) < 4.78 is 20.7. The zero-order chi connectivity index (χ0) is 21.5. The maximum atomic E-state index is 13.3. The van der Waals surface area contributed by atoms with Gasteiger partial charge in [-0.2, -0.15) is 0 Å². The van der Waals surface area contributed by atoms with Gasteiger partial charge < -0.3 is 10.1 Å². The number of anilines is 1. The Morgan fingerprint density at radius 3 is 2.83 bits per heavy atom. The van der Waals surface area contributed by atoms with Gasteiger partial charge in [0.1, 0.15) is 18.2 Å². The van der Waals surface area contributed by atoms with E-state index in [-0.39, 0.29) is 23.3 Å². The first-order valence-electron chi connectivity index (χ1n) is 8.75. The van der Waals surface area contributed by atoms with E-state index in [4.69, 9.17) is 27.9 Å². The molecule has 1 amide bonds. The summed E-state index contributed by atoms with van der Waals surface area (Å²) in [6, 6.07) is 11.0. The van der Waals surface area contributed by atoms with Crippen molar-refractivity contribution in [2.45, 2.75) is 18.3 Å². The van der Waals surface area contributed by atoms with Gasteiger partial charge in [-0.15, -0.1) is 16.8 Å². The molecule has 0 saturated carbocycles. The van der Waals surface area contributed by atoms with Crippen molar-refractivity contribution in [2.75, 3.05) is 11.1 Å². The van der Waals surface area contributed by atoms with Gasteiger partial charge in [-0.05, 0) is 30.3 Å². The minimum atomic E-state index is -0.520. The van der Waals surface area contributed by atoms with Crippen LogP contribution in [0.1, 0.15) is 5.82 Å². The summed E-state index contributed by atoms with van der Waals surface area (Å²) in [5.74, 6) is 0.358. The first-order valence-corrected chi connectivity index (χ1v) is 10.5. The standard InChI is InChI=1S/C20H17Cl2FN4O2S/c1-2-8-27-18(11-29-15-6-7-17(23)16(22)10-15)25-26-20(27)30-12-19(28)24-14-5-3-4-13(21)9-14/h2-7,9-10H,1,8,11-12H2,(H,24,28). The van der Waals surface area contributed by atoms with Gasteiger partial charge in [0, 0.05) is 23.3 Å². The van der Waals surface area contributed by atoms with Crippen molar-refractivity contribution in [2.24, 2.45) is 0 Å². The van der Waals surface area contributed by atoms with Gasteiger partial charge in [0.05, 0.1) is 10.8 Å². The van der Waals surface area contributed by atoms with E-state index in [1.165, 1.54) is 30.0 Å². The lowest BCUT2D eigenvalue weighted by Gasteiger charge is -2.10. The van der Waals surface area contributed by atoms with Crippen LogP contribution in [-0.2, 0) is 17.9 Å². The fraction of sp³-hybridized carbons (Fsp3) is 0.150. The Bertz CT molecular complexity index is 1060. The molecule has 3 aromatic rings. The second kappa shape index (κ2) is 10.5. The fourth-order valence-electron chi connectivity index (χ4n) is 2.45. The number of aromatic nitrogens is 3. The summed E-state index contributed by atoms with van der Waals surface area (Å²) in [6.07, 6.45) is 1.69. The number of nitrogens with one attached hydrogen (secondary N) is 1. The van der Waals surface area contributed by atoms with E-state index in [1.807, 2.05) is 0 Å². The third-order valence-electron chi connectivity index (χ3n) is 3.80. The van der Waals surface area contributed by atoms with Crippen molar-refractivity contribution in [3.05, 3.63) is 76.8 Å². The molecule has 6 nitrogen and oxygen atoms in total. The molecule has 10 heteroatoms. The lowest BCUT2D eigenvalue weighted by Crippen LogP contribution is -2.15. The van der Waals surface area contributed by atoms with Crippen LogP contribution < -0.4 is 10.1 Å². The first-order chi connectivity index (χ1) is 14.5. The van der Waals surface area contributed by atoms with Crippen molar-refractivity contribution in [3.8, 4) is 5.75 Å². The third kappa shape index (κ3) is 5.98. The van der Waals surface area contributed by atoms with Crippen LogP contribution in [0, 0.1) is 5.82 Å². The molecule has 2 aromatic carbocycles. The zero-order valence-electron chi connectivity index (χ0n) is 15.6. The molecule has 0 unspecified atom stereocenters. The van der Waals surface area contributed by atoms with Crippen LogP contribution in [0.15, 0.2) is 60.3 Å². The first kappa shape index (κ1) is 22.1. The summed E-state index contributed by atoms with van der Waals surface area (Å²) in [5.41, 5.74) is 0.618. The Kier molecular flexibility index (Phi) is 7.73. The highest BCUT2D eigenvalue weighted by Crippen LogP contribution is 2.23. The number of halogens is 3. The fourth-order valence-corrected chi connectivity index (χ4v) is 3.58. The van der Waals surface area contributed by atoms with Gasteiger partial charge in [-0.25, -0.2) is 4.39 Å². The van der Waals surface area contributed by atoms with Crippen molar-refractivity contribution in [3.63, 3.8) is 0 Å². The Morgan fingerprint density at radius 1 is 1.27 bits per heavy atom. The number of benzene rings is 2. The summed E-state index contributed by atoms with van der Waals surface area (Å²) in [4.78, 5) is 12.2. The van der Waals surface area contributed by atoms with Gasteiger partial charge in [0.2, 0.25) is 5.91 Å². The van der Waals surface area contributed by atoms with E-state index in [0.29, 0.717) is 34.0 Å². The molecule has 0 aliphatic heterocycles. The molecule has 3 rings (SSSR count). The monoisotopic (exact) mass is 466 g/mol. The highest BCUT2D eigenvalue weighted by molar-refractivity contribution is 7.99. The van der Waals surface area contributed by atoms with E-state index in [2.05, 4.69) is 22.1 Å². The second-order valence-electron chi connectivity index (χ2n) is 6.01. The van der Waals surface area contributed by atoms with Crippen LogP contribution in [0.3, 0.4) is 0 Å². The van der Waals surface area contributed by atoms with Crippen molar-refractivity contribution in [1.29, 1.82) is 0 Å². The van der Waals surface area contributed by atoms with E-state index < -0.39 is 5.82 Å². The Balaban J connectivity index is 1.62. The van der Waals surface area contributed by atoms with Crippen LogP contribution in [0.5, 0.6) is 5.75 Å². The van der Waals surface area contributed by atoms with Crippen molar-refractivity contribution >= 4 is 46.6 Å². The minimum absolute atomic E-state index is 0.0259. The van der Waals surface area contributed by atoms with Gasteiger partial charge >= 0.3 is 0 Å². The van der Waals surface area contributed by atoms with Crippen molar-refractivity contribution < 1.29 is 13.9 Å². The number of carbonyl (C=O) groups is 1. The SMILES string of the molecule is C=CCn1c(COc2ccc(F)c(Cl)c2)nnc1SCC(=O)Nc1cccc(Cl)c1. The number of allylic oxidation sites excluding steroid dienone is 1. The summed E-state index contributed by atoms with van der Waals surface area (Å²) in [7, 11) is 0. The number of carbonyl (C=O) groups excluding carboxylic acids is 1. The van der Waals surface area contributed by atoms with Crippen LogP contribution >= 0.6 is 35.0 Å². The Labute approximate surface area is 187 Å². The lowest BCUT2D eigenvalue weighted by atomic mass is 10.3. The summed E-state index contributed by atoms with van der Waals surface area (Å²) in [6.45, 7) is 4.27. The average Bonchev–Trinajstić information content (AvgIpc) is 3.09.